The number of carbonyl (C=O) groups is 1. The van der Waals surface area contributed by atoms with Gasteiger partial charge in [-0.15, -0.1) is 0 Å². The SMILES string of the molecule is COC(=O)C(NS(=O)(=O)c1ccccc1C)C(C)C. The lowest BCUT2D eigenvalue weighted by Crippen LogP contribution is -2.45. The van der Waals surface area contributed by atoms with E-state index in [0.29, 0.717) is 5.56 Å². The van der Waals surface area contributed by atoms with Gasteiger partial charge in [0.1, 0.15) is 6.04 Å². The van der Waals surface area contributed by atoms with E-state index in [-0.39, 0.29) is 10.8 Å². The lowest BCUT2D eigenvalue weighted by atomic mass is 10.1. The molecule has 5 nitrogen and oxygen atoms in total. The van der Waals surface area contributed by atoms with Gasteiger partial charge in [-0.1, -0.05) is 32.0 Å². The van der Waals surface area contributed by atoms with Gasteiger partial charge >= 0.3 is 5.97 Å². The number of hydrogen-bond donors (Lipinski definition) is 1. The van der Waals surface area contributed by atoms with Crippen LogP contribution >= 0.6 is 0 Å². The van der Waals surface area contributed by atoms with E-state index in [1.807, 2.05) is 0 Å². The summed E-state index contributed by atoms with van der Waals surface area (Å²) >= 11 is 0. The van der Waals surface area contributed by atoms with Crippen molar-refractivity contribution in [1.29, 1.82) is 0 Å². The van der Waals surface area contributed by atoms with E-state index in [4.69, 9.17) is 0 Å². The summed E-state index contributed by atoms with van der Waals surface area (Å²) in [6.45, 7) is 5.21. The molecular weight excluding hydrogens is 266 g/mol. The van der Waals surface area contributed by atoms with Crippen molar-refractivity contribution < 1.29 is 17.9 Å². The van der Waals surface area contributed by atoms with Crippen LogP contribution in [0.1, 0.15) is 19.4 Å². The van der Waals surface area contributed by atoms with E-state index in [2.05, 4.69) is 9.46 Å². The van der Waals surface area contributed by atoms with Crippen molar-refractivity contribution in [3.8, 4) is 0 Å². The van der Waals surface area contributed by atoms with Crippen molar-refractivity contribution in [3.63, 3.8) is 0 Å². The molecule has 1 aromatic rings. The van der Waals surface area contributed by atoms with Crippen LogP contribution in [0.15, 0.2) is 29.2 Å². The molecule has 0 amide bonds. The number of benzene rings is 1. The Morgan fingerprint density at radius 1 is 1.26 bits per heavy atom. The minimum Gasteiger partial charge on any atom is -0.468 e. The molecule has 0 aliphatic carbocycles. The van der Waals surface area contributed by atoms with Crippen LogP contribution in [0.4, 0.5) is 0 Å². The standard InChI is InChI=1S/C13H19NO4S/c1-9(2)12(13(15)18-4)14-19(16,17)11-8-6-5-7-10(11)3/h5-9,12,14H,1-4H3. The molecule has 6 heteroatoms. The minimum atomic E-state index is -3.74. The van der Waals surface area contributed by atoms with Crippen LogP contribution in [0, 0.1) is 12.8 Å². The molecule has 0 fully saturated rings. The second kappa shape index (κ2) is 6.16. The molecule has 0 aromatic heterocycles. The quantitative estimate of drug-likeness (QED) is 0.832. The topological polar surface area (TPSA) is 72.5 Å². The first kappa shape index (κ1) is 15.7. The highest BCUT2D eigenvalue weighted by Gasteiger charge is 2.29. The van der Waals surface area contributed by atoms with Crippen molar-refractivity contribution in [1.82, 2.24) is 4.72 Å². The molecule has 0 heterocycles. The zero-order valence-corrected chi connectivity index (χ0v) is 12.3. The zero-order valence-electron chi connectivity index (χ0n) is 11.5. The number of nitrogens with one attached hydrogen (secondary N) is 1. The largest absolute Gasteiger partial charge is 0.468 e. The van der Waals surface area contributed by atoms with Gasteiger partial charge in [0.15, 0.2) is 0 Å². The summed E-state index contributed by atoms with van der Waals surface area (Å²) in [5, 5.41) is 0. The first-order valence-corrected chi connectivity index (χ1v) is 7.43. The maximum Gasteiger partial charge on any atom is 0.324 e. The third-order valence-electron chi connectivity index (χ3n) is 2.79. The fraction of sp³-hybridized carbons (Fsp3) is 0.462. The summed E-state index contributed by atoms with van der Waals surface area (Å²) in [5.74, 6) is -0.793. The first-order valence-electron chi connectivity index (χ1n) is 5.95. The third kappa shape index (κ3) is 3.78. The molecule has 1 unspecified atom stereocenters. The Balaban J connectivity index is 3.08. The van der Waals surface area contributed by atoms with E-state index in [9.17, 15) is 13.2 Å². The summed E-state index contributed by atoms with van der Waals surface area (Å²) < 4.78 is 31.6. The number of rotatable bonds is 5. The number of hydrogen-bond acceptors (Lipinski definition) is 4. The lowest BCUT2D eigenvalue weighted by Gasteiger charge is -2.20. The highest BCUT2D eigenvalue weighted by atomic mass is 32.2. The van der Waals surface area contributed by atoms with E-state index in [1.54, 1.807) is 39.0 Å². The molecule has 1 aromatic carbocycles. The minimum absolute atomic E-state index is 0.171. The molecule has 0 saturated carbocycles. The second-order valence-electron chi connectivity index (χ2n) is 4.63. The number of sulfonamides is 1. The fourth-order valence-electron chi connectivity index (χ4n) is 1.67. The molecule has 0 spiro atoms. The fourth-order valence-corrected chi connectivity index (χ4v) is 3.25. The molecular formula is C13H19NO4S. The predicted molar refractivity (Wildman–Crippen MR) is 72.1 cm³/mol. The Morgan fingerprint density at radius 2 is 1.84 bits per heavy atom. The van der Waals surface area contributed by atoms with Gasteiger partial charge in [0.25, 0.3) is 0 Å². The average molecular weight is 285 g/mol. The zero-order chi connectivity index (χ0) is 14.6. The highest BCUT2D eigenvalue weighted by Crippen LogP contribution is 2.16. The van der Waals surface area contributed by atoms with Crippen LogP contribution in [0.3, 0.4) is 0 Å². The van der Waals surface area contributed by atoms with Gasteiger partial charge in [0.05, 0.1) is 12.0 Å². The normalized spacial score (nSPS) is 13.3. The van der Waals surface area contributed by atoms with Crippen molar-refractivity contribution in [3.05, 3.63) is 29.8 Å². The van der Waals surface area contributed by atoms with Gasteiger partial charge < -0.3 is 4.74 Å². The number of esters is 1. The van der Waals surface area contributed by atoms with Crippen LogP contribution in [-0.4, -0.2) is 27.5 Å². The number of aryl methyl sites for hydroxylation is 1. The molecule has 19 heavy (non-hydrogen) atoms. The summed E-state index contributed by atoms with van der Waals surface area (Å²) in [5.41, 5.74) is 0.627. The summed E-state index contributed by atoms with van der Waals surface area (Å²) in [7, 11) is -2.51. The Bertz CT molecular complexity index is 552. The number of methoxy groups -OCH3 is 1. The molecule has 0 aliphatic rings. The van der Waals surface area contributed by atoms with Gasteiger partial charge in [-0.2, -0.15) is 4.72 Å². The molecule has 1 rings (SSSR count). The summed E-state index contributed by atoms with van der Waals surface area (Å²) in [6, 6.07) is 5.72. The van der Waals surface area contributed by atoms with Gasteiger partial charge in [0, 0.05) is 0 Å². The van der Waals surface area contributed by atoms with E-state index >= 15 is 0 Å². The molecule has 106 valence electrons. The lowest BCUT2D eigenvalue weighted by molar-refractivity contribution is -0.143. The van der Waals surface area contributed by atoms with Crippen LogP contribution in [0.25, 0.3) is 0 Å². The van der Waals surface area contributed by atoms with E-state index in [1.165, 1.54) is 13.2 Å². The Kier molecular flexibility index (Phi) is 5.08. The van der Waals surface area contributed by atoms with E-state index < -0.39 is 22.0 Å². The van der Waals surface area contributed by atoms with Gasteiger partial charge in [-0.25, -0.2) is 8.42 Å². The van der Waals surface area contributed by atoms with Crippen molar-refractivity contribution in [2.75, 3.05) is 7.11 Å². The maximum atomic E-state index is 12.3. The Hall–Kier alpha value is -1.40. The first-order chi connectivity index (χ1) is 8.79. The number of ether oxygens (including phenoxy) is 1. The van der Waals surface area contributed by atoms with Crippen LogP contribution in [0.2, 0.25) is 0 Å². The molecule has 0 saturated heterocycles. The van der Waals surface area contributed by atoms with Crippen LogP contribution < -0.4 is 4.72 Å². The molecule has 1 N–H and O–H groups in total. The molecule has 0 aliphatic heterocycles. The molecule has 1 atom stereocenters. The van der Waals surface area contributed by atoms with Crippen molar-refractivity contribution in [2.24, 2.45) is 5.92 Å². The van der Waals surface area contributed by atoms with Gasteiger partial charge in [0.2, 0.25) is 10.0 Å². The van der Waals surface area contributed by atoms with Crippen LogP contribution in [0.5, 0.6) is 0 Å². The second-order valence-corrected chi connectivity index (χ2v) is 6.31. The van der Waals surface area contributed by atoms with Crippen molar-refractivity contribution >= 4 is 16.0 Å². The predicted octanol–water partition coefficient (Wildman–Crippen LogP) is 1.47. The molecule has 0 bridgehead atoms. The summed E-state index contributed by atoms with van der Waals surface area (Å²) in [4.78, 5) is 11.8. The smallest absolute Gasteiger partial charge is 0.324 e. The average Bonchev–Trinajstić information content (AvgIpc) is 2.35. The number of carbonyl (C=O) groups excluding carboxylic acids is 1. The third-order valence-corrected chi connectivity index (χ3v) is 4.39. The Labute approximate surface area is 114 Å². The van der Waals surface area contributed by atoms with E-state index in [0.717, 1.165) is 0 Å². The highest BCUT2D eigenvalue weighted by molar-refractivity contribution is 7.89. The monoisotopic (exact) mass is 285 g/mol. The van der Waals surface area contributed by atoms with Gasteiger partial charge in [-0.3, -0.25) is 4.79 Å². The van der Waals surface area contributed by atoms with Gasteiger partial charge in [-0.05, 0) is 24.5 Å². The Morgan fingerprint density at radius 3 is 2.32 bits per heavy atom. The van der Waals surface area contributed by atoms with Crippen LogP contribution in [-0.2, 0) is 19.6 Å². The van der Waals surface area contributed by atoms with Crippen molar-refractivity contribution in [2.45, 2.75) is 31.7 Å². The molecule has 0 radical (unpaired) electrons. The maximum absolute atomic E-state index is 12.3. The summed E-state index contributed by atoms with van der Waals surface area (Å²) in [6.07, 6.45) is 0.